The van der Waals surface area contributed by atoms with Crippen LogP contribution in [0, 0.1) is 0 Å². The molecule has 284 valence electrons. The van der Waals surface area contributed by atoms with Gasteiger partial charge in [0.2, 0.25) is 13.4 Å². The Bertz CT molecular complexity index is 3230. The Labute approximate surface area is 358 Å². The third kappa shape index (κ3) is 5.00. The molecule has 0 fully saturated rings. The Morgan fingerprint density at radius 3 is 1.20 bits per heavy atom. The first-order valence-corrected chi connectivity index (χ1v) is 21.7. The van der Waals surface area contributed by atoms with Crippen molar-refractivity contribution in [1.82, 2.24) is 0 Å². The zero-order valence-corrected chi connectivity index (χ0v) is 34.2. The van der Waals surface area contributed by atoms with Crippen LogP contribution < -0.4 is 42.6 Å². The molecule has 0 atom stereocenters. The SMILES string of the molecule is CC(C)c1ccc(-c2cc3c4c(c2)N(c2ccccc2)c2cc5c(cc2B4c2ccccc2-3)N(c2ccccc2)c2cc(-c3ccccc3)cc3c2B5c2ccccc2-3)cc1. The zero-order valence-electron chi connectivity index (χ0n) is 34.2. The van der Waals surface area contributed by atoms with Crippen molar-refractivity contribution in [3.05, 3.63) is 206 Å². The molecule has 9 aromatic rings. The van der Waals surface area contributed by atoms with Gasteiger partial charge in [-0.2, -0.15) is 0 Å². The molecule has 0 bridgehead atoms. The second-order valence-corrected chi connectivity index (χ2v) is 17.4. The van der Waals surface area contributed by atoms with Crippen LogP contribution in [0.2, 0.25) is 0 Å². The minimum absolute atomic E-state index is 0.0833. The molecule has 0 aromatic heterocycles. The van der Waals surface area contributed by atoms with Crippen LogP contribution in [0.25, 0.3) is 44.5 Å². The standard InChI is InChI=1S/C57H40B2N2/c1-36(2)37-26-28-39(29-27-37)41-31-47-45-23-13-15-25-49(45)59-51-34-52-50(35-53(51)61(55(33-41)57(47)59)43-20-10-5-11-21-43)58-48-24-14-12-22-44(48)46-30-40(38-16-6-3-7-17-38)32-54(56(46)58)60(52)42-18-8-4-9-19-42/h3-36H,1-2H3. The van der Waals surface area contributed by atoms with Crippen LogP contribution >= 0.6 is 0 Å². The summed E-state index contributed by atoms with van der Waals surface area (Å²) < 4.78 is 0. The second-order valence-electron chi connectivity index (χ2n) is 17.4. The lowest BCUT2D eigenvalue weighted by molar-refractivity contribution is 0.867. The van der Waals surface area contributed by atoms with Gasteiger partial charge in [-0.25, -0.2) is 0 Å². The maximum Gasteiger partial charge on any atom is 0.248 e. The van der Waals surface area contributed by atoms with Crippen LogP contribution in [0.15, 0.2) is 200 Å². The number of rotatable bonds is 5. The van der Waals surface area contributed by atoms with Crippen molar-refractivity contribution in [2.24, 2.45) is 0 Å². The summed E-state index contributed by atoms with van der Waals surface area (Å²) in [7, 11) is 0. The Morgan fingerprint density at radius 1 is 0.328 bits per heavy atom. The van der Waals surface area contributed by atoms with Crippen LogP contribution in [-0.2, 0) is 0 Å². The van der Waals surface area contributed by atoms with Gasteiger partial charge in [-0.05, 0) is 139 Å². The minimum Gasteiger partial charge on any atom is -0.311 e. The molecule has 0 saturated heterocycles. The number of anilines is 6. The van der Waals surface area contributed by atoms with E-state index in [0.717, 1.165) is 0 Å². The number of hydrogen-bond acceptors (Lipinski definition) is 2. The second kappa shape index (κ2) is 13.1. The monoisotopic (exact) mass is 774 g/mol. The maximum absolute atomic E-state index is 2.58. The topological polar surface area (TPSA) is 6.48 Å². The van der Waals surface area contributed by atoms with Crippen LogP contribution in [0.1, 0.15) is 25.3 Å². The number of nitrogens with zero attached hydrogens (tertiary/aromatic N) is 2. The molecule has 4 heterocycles. The lowest BCUT2D eigenvalue weighted by Crippen LogP contribution is -2.58. The molecule has 2 nitrogen and oxygen atoms in total. The molecule has 0 spiro atoms. The average Bonchev–Trinajstić information content (AvgIpc) is 3.84. The predicted octanol–water partition coefficient (Wildman–Crippen LogP) is 10.7. The van der Waals surface area contributed by atoms with Crippen LogP contribution in [0.3, 0.4) is 0 Å². The van der Waals surface area contributed by atoms with E-state index in [1.807, 2.05) is 0 Å². The first-order chi connectivity index (χ1) is 30.1. The van der Waals surface area contributed by atoms with E-state index in [1.54, 1.807) is 0 Å². The largest absolute Gasteiger partial charge is 0.311 e. The summed E-state index contributed by atoms with van der Waals surface area (Å²) in [5.41, 5.74) is 27.2. The molecule has 0 amide bonds. The van der Waals surface area contributed by atoms with Crippen LogP contribution in [0.4, 0.5) is 34.1 Å². The minimum atomic E-state index is 0.0833. The van der Waals surface area contributed by atoms with E-state index < -0.39 is 0 Å². The van der Waals surface area contributed by atoms with Gasteiger partial charge in [0.15, 0.2) is 0 Å². The van der Waals surface area contributed by atoms with Gasteiger partial charge in [0.05, 0.1) is 0 Å². The normalized spacial score (nSPS) is 13.4. The van der Waals surface area contributed by atoms with E-state index in [1.165, 1.54) is 117 Å². The fourth-order valence-corrected chi connectivity index (χ4v) is 11.1. The summed E-state index contributed by atoms with van der Waals surface area (Å²) in [4.78, 5) is 5.14. The number of fused-ring (bicyclic) bond motifs is 10. The van der Waals surface area contributed by atoms with Gasteiger partial charge >= 0.3 is 0 Å². The number of benzene rings is 9. The summed E-state index contributed by atoms with van der Waals surface area (Å²) >= 11 is 0. The molecule has 0 unspecified atom stereocenters. The lowest BCUT2D eigenvalue weighted by Gasteiger charge is -2.41. The lowest BCUT2D eigenvalue weighted by atomic mass is 9.34. The summed E-state index contributed by atoms with van der Waals surface area (Å²) in [6.45, 7) is 4.70. The Balaban J connectivity index is 1.12. The fourth-order valence-electron chi connectivity index (χ4n) is 11.1. The zero-order chi connectivity index (χ0) is 40.3. The van der Waals surface area contributed by atoms with Gasteiger partial charge in [0, 0.05) is 34.1 Å². The summed E-state index contributed by atoms with van der Waals surface area (Å²) in [5.74, 6) is 0.484. The van der Waals surface area contributed by atoms with Crippen molar-refractivity contribution in [2.45, 2.75) is 19.8 Å². The molecule has 4 heteroatoms. The van der Waals surface area contributed by atoms with Gasteiger partial charge in [0.1, 0.15) is 0 Å². The quantitative estimate of drug-likeness (QED) is 0.161. The fraction of sp³-hybridized carbons (Fsp3) is 0.0526. The molecule has 0 saturated carbocycles. The highest BCUT2D eigenvalue weighted by Gasteiger charge is 2.47. The highest BCUT2D eigenvalue weighted by Crippen LogP contribution is 2.47. The summed E-state index contributed by atoms with van der Waals surface area (Å²) in [6.07, 6.45) is 0. The molecular formula is C57H40B2N2. The molecule has 4 aliphatic heterocycles. The van der Waals surface area contributed by atoms with Crippen molar-refractivity contribution >= 4 is 80.3 Å². The molecule has 0 radical (unpaired) electrons. The van der Waals surface area contributed by atoms with Crippen molar-refractivity contribution in [1.29, 1.82) is 0 Å². The van der Waals surface area contributed by atoms with E-state index in [0.29, 0.717) is 5.92 Å². The smallest absolute Gasteiger partial charge is 0.248 e. The van der Waals surface area contributed by atoms with Gasteiger partial charge < -0.3 is 9.80 Å². The van der Waals surface area contributed by atoms with E-state index in [4.69, 9.17) is 0 Å². The third-order valence-corrected chi connectivity index (χ3v) is 13.8. The molecule has 0 N–H and O–H groups in total. The van der Waals surface area contributed by atoms with E-state index in [9.17, 15) is 0 Å². The Morgan fingerprint density at radius 2 is 0.738 bits per heavy atom. The molecule has 0 aliphatic carbocycles. The molecular weight excluding hydrogens is 734 g/mol. The predicted molar refractivity (Wildman–Crippen MR) is 261 cm³/mol. The first kappa shape index (κ1) is 34.6. The molecule has 9 aromatic carbocycles. The first-order valence-electron chi connectivity index (χ1n) is 21.7. The Kier molecular flexibility index (Phi) is 7.42. The van der Waals surface area contributed by atoms with E-state index in [-0.39, 0.29) is 13.4 Å². The van der Waals surface area contributed by atoms with Crippen LogP contribution in [0.5, 0.6) is 0 Å². The Hall–Kier alpha value is -7.29. The summed E-state index contributed by atoms with van der Waals surface area (Å²) in [6, 6.07) is 75.5. The number of hydrogen-bond donors (Lipinski definition) is 0. The van der Waals surface area contributed by atoms with Crippen molar-refractivity contribution < 1.29 is 0 Å². The third-order valence-electron chi connectivity index (χ3n) is 13.8. The molecule has 13 rings (SSSR count). The van der Waals surface area contributed by atoms with E-state index >= 15 is 0 Å². The van der Waals surface area contributed by atoms with Gasteiger partial charge in [-0.3, -0.25) is 0 Å². The maximum atomic E-state index is 2.58. The number of para-hydroxylation sites is 2. The summed E-state index contributed by atoms with van der Waals surface area (Å²) in [5, 5.41) is 0. The molecule has 4 aliphatic rings. The highest BCUT2D eigenvalue weighted by molar-refractivity contribution is 7.03. The van der Waals surface area contributed by atoms with Crippen molar-refractivity contribution in [3.8, 4) is 44.5 Å². The van der Waals surface area contributed by atoms with Gasteiger partial charge in [-0.15, -0.1) is 0 Å². The van der Waals surface area contributed by atoms with Crippen LogP contribution in [-0.4, -0.2) is 13.4 Å². The van der Waals surface area contributed by atoms with Crippen molar-refractivity contribution in [3.63, 3.8) is 0 Å². The van der Waals surface area contributed by atoms with Crippen molar-refractivity contribution in [2.75, 3.05) is 9.80 Å². The average molecular weight is 775 g/mol. The van der Waals surface area contributed by atoms with Gasteiger partial charge in [-0.1, -0.05) is 164 Å². The molecule has 61 heavy (non-hydrogen) atoms. The highest BCUT2D eigenvalue weighted by atomic mass is 15.2. The van der Waals surface area contributed by atoms with Gasteiger partial charge in [0.25, 0.3) is 0 Å². The van der Waals surface area contributed by atoms with E-state index in [2.05, 4.69) is 224 Å².